The van der Waals surface area contributed by atoms with Gasteiger partial charge < -0.3 is 30.0 Å². The first kappa shape index (κ1) is 37.0. The van der Waals surface area contributed by atoms with E-state index in [1.165, 1.54) is 11.1 Å². The van der Waals surface area contributed by atoms with Crippen LogP contribution < -0.4 is 10.2 Å². The second kappa shape index (κ2) is 20.8. The van der Waals surface area contributed by atoms with Crippen molar-refractivity contribution in [3.05, 3.63) is 57.6 Å². The topological polar surface area (TPSA) is 145 Å². The minimum absolute atomic E-state index is 0. The second-order valence-corrected chi connectivity index (χ2v) is 8.61. The molecule has 0 heterocycles. The molecule has 0 atom stereocenters. The fraction of sp³-hybridized carbons (Fsp3) is 0.448. The van der Waals surface area contributed by atoms with Crippen molar-refractivity contribution in [3.63, 3.8) is 0 Å². The Hall–Kier alpha value is -3.17. The fourth-order valence-corrected chi connectivity index (χ4v) is 3.41. The number of hydrogen-bond donors (Lipinski definition) is 2. The Morgan fingerprint density at radius 2 is 1.08 bits per heavy atom. The molecule has 9 heteroatoms. The monoisotopic (exact) mass is 571 g/mol. The molecule has 0 fully saturated rings. The van der Waals surface area contributed by atoms with Crippen LogP contribution in [0.4, 0.5) is 0 Å². The van der Waals surface area contributed by atoms with Crippen LogP contribution in [0.5, 0.6) is 11.5 Å². The van der Waals surface area contributed by atoms with E-state index in [9.17, 15) is 10.2 Å². The van der Waals surface area contributed by atoms with Crippen LogP contribution in [0.15, 0.2) is 34.3 Å². The number of phenols is 2. The number of phenolic OH excluding ortho intramolecular Hbond substituents is 2. The second-order valence-electron chi connectivity index (χ2n) is 8.61. The summed E-state index contributed by atoms with van der Waals surface area (Å²) < 4.78 is 0. The van der Waals surface area contributed by atoms with Gasteiger partial charge in [0.1, 0.15) is 11.5 Å². The van der Waals surface area contributed by atoms with Crippen molar-refractivity contribution in [2.24, 2.45) is 9.98 Å². The van der Waals surface area contributed by atoms with Gasteiger partial charge in [0.15, 0.2) is 0 Å². The van der Waals surface area contributed by atoms with Crippen LogP contribution in [0, 0.1) is 13.8 Å². The van der Waals surface area contributed by atoms with E-state index in [0.29, 0.717) is 24.6 Å². The molecular weight excluding hydrogens is 531 g/mol. The number of rotatable bonds is 10. The minimum atomic E-state index is -1.08. The van der Waals surface area contributed by atoms with Crippen LogP contribution in [0.25, 0.3) is 0 Å². The van der Waals surface area contributed by atoms with E-state index in [1.807, 2.05) is 38.1 Å². The number of aryl methyl sites for hydroxylation is 4. The Morgan fingerprint density at radius 3 is 1.37 bits per heavy atom. The number of aliphatic imine (C=N–C) groups is 2. The summed E-state index contributed by atoms with van der Waals surface area (Å²) in [5.74, 6) is -1.55. The molecule has 0 aliphatic rings. The number of carboxylic acids is 2. The number of nitrogens with zero attached hydrogens (tertiary/aromatic N) is 2. The van der Waals surface area contributed by atoms with Gasteiger partial charge in [-0.3, -0.25) is 9.98 Å². The average molecular weight is 572 g/mol. The Morgan fingerprint density at radius 1 is 0.763 bits per heavy atom. The molecule has 0 aliphatic carbocycles. The fourth-order valence-electron chi connectivity index (χ4n) is 3.41. The first-order valence-corrected chi connectivity index (χ1v) is 12.4. The molecule has 8 nitrogen and oxygen atoms in total. The molecule has 0 saturated heterocycles. The molecule has 1 radical (unpaired) electrons. The summed E-state index contributed by atoms with van der Waals surface area (Å²) in [5, 5.41) is 38.2. The maximum atomic E-state index is 10.2. The van der Waals surface area contributed by atoms with Gasteiger partial charge in [-0.15, -0.1) is 0 Å². The van der Waals surface area contributed by atoms with E-state index < -0.39 is 11.9 Å². The van der Waals surface area contributed by atoms with Gasteiger partial charge in [-0.05, 0) is 81.3 Å². The van der Waals surface area contributed by atoms with E-state index in [-0.39, 0.29) is 16.8 Å². The van der Waals surface area contributed by atoms with Crippen LogP contribution >= 0.6 is 0 Å². The van der Waals surface area contributed by atoms with Crippen molar-refractivity contribution in [1.29, 1.82) is 0 Å². The smallest absolute Gasteiger partial charge is 0.550 e. The number of aliphatic carboxylic acids is 2. The molecule has 0 spiro atoms. The summed E-state index contributed by atoms with van der Waals surface area (Å²) in [7, 11) is 0. The average Bonchev–Trinajstić information content (AvgIpc) is 2.78. The van der Waals surface area contributed by atoms with Crippen molar-refractivity contribution >= 4 is 24.4 Å². The summed E-state index contributed by atoms with van der Waals surface area (Å²) in [6, 6.07) is 8.11. The van der Waals surface area contributed by atoms with E-state index in [4.69, 9.17) is 19.8 Å². The predicted octanol–water partition coefficient (Wildman–Crippen LogP) is 3.06. The Kier molecular flexibility index (Phi) is 20.3. The minimum Gasteiger partial charge on any atom is -0.550 e. The van der Waals surface area contributed by atoms with Crippen LogP contribution in [0.3, 0.4) is 0 Å². The predicted molar refractivity (Wildman–Crippen MR) is 145 cm³/mol. The Bertz CT molecular complexity index is 976. The molecule has 0 aromatic heterocycles. The third-order valence-corrected chi connectivity index (χ3v) is 4.89. The molecule has 2 aromatic carbocycles. The normalized spacial score (nSPS) is 10.3. The van der Waals surface area contributed by atoms with Crippen molar-refractivity contribution in [2.45, 2.75) is 73.6 Å². The largest absolute Gasteiger partial charge is 2.00 e. The number of hydrogen-bond acceptors (Lipinski definition) is 8. The van der Waals surface area contributed by atoms with Gasteiger partial charge in [-0.1, -0.05) is 38.8 Å². The quantitative estimate of drug-likeness (QED) is 0.331. The molecule has 0 saturated carbocycles. The van der Waals surface area contributed by atoms with Crippen LogP contribution in [0.1, 0.15) is 80.3 Å². The summed E-state index contributed by atoms with van der Waals surface area (Å²) in [4.78, 5) is 26.7. The van der Waals surface area contributed by atoms with E-state index >= 15 is 0 Å². The third-order valence-electron chi connectivity index (χ3n) is 4.89. The summed E-state index contributed by atoms with van der Waals surface area (Å²) in [5.41, 5.74) is 5.81. The van der Waals surface area contributed by atoms with Gasteiger partial charge in [-0.2, -0.15) is 0 Å². The van der Waals surface area contributed by atoms with E-state index in [2.05, 4.69) is 23.8 Å². The molecule has 211 valence electrons. The number of aromatic hydroxyl groups is 2. The van der Waals surface area contributed by atoms with Gasteiger partial charge in [0.25, 0.3) is 0 Å². The van der Waals surface area contributed by atoms with Crippen LogP contribution in [0.2, 0.25) is 0 Å². The first-order chi connectivity index (χ1) is 17.4. The first-order valence-electron chi connectivity index (χ1n) is 12.4. The van der Waals surface area contributed by atoms with Crippen LogP contribution in [-0.2, 0) is 39.2 Å². The standard InChI is InChI=1S/C25H34N2O2.2C2H4O2.Co/c1-5-8-20-12-18(3)24(28)22(14-20)16-26-10-7-11-27-17-23-15-21(9-6-2)13-19(4)25(23)29;2*1-2(3)4;/h12-17,28-29H,5-11H2,1-4H3;2*1H3,(H,3,4);/q;;;+2/p-2. The van der Waals surface area contributed by atoms with Crippen molar-refractivity contribution in [3.8, 4) is 11.5 Å². The summed E-state index contributed by atoms with van der Waals surface area (Å²) in [6.07, 6.45) is 8.49. The van der Waals surface area contributed by atoms with Crippen LogP contribution in [-0.4, -0.2) is 47.7 Å². The maximum Gasteiger partial charge on any atom is 2.00 e. The zero-order valence-electron chi connectivity index (χ0n) is 23.2. The molecule has 0 amide bonds. The van der Waals surface area contributed by atoms with Gasteiger partial charge in [0.05, 0.1) is 0 Å². The number of carbonyl (C=O) groups excluding carboxylic acids is 2. The molecule has 0 aliphatic heterocycles. The molecule has 38 heavy (non-hydrogen) atoms. The molecule has 2 N–H and O–H groups in total. The van der Waals surface area contributed by atoms with E-state index in [0.717, 1.165) is 68.2 Å². The van der Waals surface area contributed by atoms with Gasteiger partial charge in [0, 0.05) is 48.6 Å². The molecular formula is C29H40CoN2O6. The van der Waals surface area contributed by atoms with Crippen molar-refractivity contribution in [2.75, 3.05) is 13.1 Å². The third kappa shape index (κ3) is 16.5. The molecule has 2 rings (SSSR count). The zero-order chi connectivity index (χ0) is 28.4. The number of benzene rings is 2. The molecule has 0 bridgehead atoms. The Labute approximate surface area is 236 Å². The van der Waals surface area contributed by atoms with Gasteiger partial charge >= 0.3 is 16.8 Å². The maximum absolute atomic E-state index is 10.2. The number of carbonyl (C=O) groups is 2. The van der Waals surface area contributed by atoms with E-state index in [1.54, 1.807) is 12.4 Å². The van der Waals surface area contributed by atoms with Gasteiger partial charge in [0.2, 0.25) is 0 Å². The molecule has 2 aromatic rings. The Balaban J connectivity index is 0. The summed E-state index contributed by atoms with van der Waals surface area (Å²) >= 11 is 0. The SMILES string of the molecule is CC(=O)[O-].CC(=O)[O-].CCCc1cc(C)c(O)c(C=NCCCN=Cc2cc(CCC)cc(C)c2O)c1.[Co+2]. The van der Waals surface area contributed by atoms with Crippen molar-refractivity contribution < 1.29 is 46.8 Å². The molecule has 0 unspecified atom stereocenters. The van der Waals surface area contributed by atoms with Gasteiger partial charge in [-0.25, -0.2) is 0 Å². The number of carboxylic acid groups (broad SMARTS) is 2. The zero-order valence-corrected chi connectivity index (χ0v) is 24.2. The summed E-state index contributed by atoms with van der Waals surface area (Å²) in [6.45, 7) is 11.4. The van der Waals surface area contributed by atoms with Crippen molar-refractivity contribution in [1.82, 2.24) is 0 Å².